The Morgan fingerprint density at radius 2 is 1.50 bits per heavy atom. The van der Waals surface area contributed by atoms with Crippen molar-refractivity contribution >= 4 is 5.97 Å². The summed E-state index contributed by atoms with van der Waals surface area (Å²) < 4.78 is 5.51. The van der Waals surface area contributed by atoms with E-state index in [1.165, 1.54) is 0 Å². The highest BCUT2D eigenvalue weighted by Gasteiger charge is 2.17. The fraction of sp³-hybridized carbons (Fsp3) is 0.235. The molecule has 3 nitrogen and oxygen atoms in total. The Kier molecular flexibility index (Phi) is 5.33. The van der Waals surface area contributed by atoms with Gasteiger partial charge in [-0.1, -0.05) is 60.7 Å². The highest BCUT2D eigenvalue weighted by Crippen LogP contribution is 2.10. The second-order valence-electron chi connectivity index (χ2n) is 4.65. The zero-order valence-corrected chi connectivity index (χ0v) is 11.2. The van der Waals surface area contributed by atoms with Crippen LogP contribution in [0.4, 0.5) is 0 Å². The molecule has 0 aliphatic rings. The number of carboxylic acids is 1. The molecule has 0 heterocycles. The lowest BCUT2D eigenvalue weighted by atomic mass is 10.1. The third-order valence-corrected chi connectivity index (χ3v) is 3.11. The average molecular weight is 270 g/mol. The quantitative estimate of drug-likeness (QED) is 0.839. The summed E-state index contributed by atoms with van der Waals surface area (Å²) in [6.45, 7) is 0.326. The van der Waals surface area contributed by atoms with Crippen molar-refractivity contribution in [1.29, 1.82) is 0 Å². The third-order valence-electron chi connectivity index (χ3n) is 3.11. The predicted molar refractivity (Wildman–Crippen MR) is 77.4 cm³/mol. The van der Waals surface area contributed by atoms with Gasteiger partial charge in [0.2, 0.25) is 0 Å². The Labute approximate surface area is 118 Å². The van der Waals surface area contributed by atoms with Gasteiger partial charge in [0, 0.05) is 0 Å². The van der Waals surface area contributed by atoms with Gasteiger partial charge in [-0.2, -0.15) is 0 Å². The Morgan fingerprint density at radius 3 is 2.05 bits per heavy atom. The van der Waals surface area contributed by atoms with E-state index in [1.54, 1.807) is 0 Å². The minimum atomic E-state index is -0.906. The van der Waals surface area contributed by atoms with Crippen molar-refractivity contribution in [3.63, 3.8) is 0 Å². The van der Waals surface area contributed by atoms with E-state index in [0.717, 1.165) is 11.1 Å². The predicted octanol–water partition coefficient (Wildman–Crippen LogP) is 3.29. The maximum atomic E-state index is 11.2. The summed E-state index contributed by atoms with van der Waals surface area (Å²) in [5.74, 6) is -0.906. The van der Waals surface area contributed by atoms with Gasteiger partial charge < -0.3 is 9.84 Å². The van der Waals surface area contributed by atoms with Crippen LogP contribution in [0.5, 0.6) is 0 Å². The summed E-state index contributed by atoms with van der Waals surface area (Å²) in [4.78, 5) is 11.2. The number of hydrogen-bond donors (Lipinski definition) is 1. The van der Waals surface area contributed by atoms with Crippen molar-refractivity contribution in [2.24, 2.45) is 0 Å². The minimum Gasteiger partial charge on any atom is -0.479 e. The van der Waals surface area contributed by atoms with Crippen LogP contribution in [0.3, 0.4) is 0 Å². The topological polar surface area (TPSA) is 46.5 Å². The van der Waals surface area contributed by atoms with E-state index in [1.807, 2.05) is 60.7 Å². The second kappa shape index (κ2) is 7.46. The highest BCUT2D eigenvalue weighted by atomic mass is 16.5. The van der Waals surface area contributed by atoms with E-state index in [9.17, 15) is 9.90 Å². The lowest BCUT2D eigenvalue weighted by Gasteiger charge is -2.13. The first-order valence-corrected chi connectivity index (χ1v) is 6.68. The van der Waals surface area contributed by atoms with E-state index in [-0.39, 0.29) is 0 Å². The Bertz CT molecular complexity index is 479. The van der Waals surface area contributed by atoms with Crippen LogP contribution in [0.1, 0.15) is 17.5 Å². The molecule has 0 radical (unpaired) electrons. The summed E-state index contributed by atoms with van der Waals surface area (Å²) >= 11 is 0. The van der Waals surface area contributed by atoms with Gasteiger partial charge in [0.15, 0.2) is 6.10 Å². The van der Waals surface area contributed by atoms with Crippen LogP contribution in [0.15, 0.2) is 60.7 Å². The number of aryl methyl sites for hydroxylation is 1. The van der Waals surface area contributed by atoms with Crippen LogP contribution in [-0.2, 0) is 22.6 Å². The highest BCUT2D eigenvalue weighted by molar-refractivity contribution is 5.72. The average Bonchev–Trinajstić information content (AvgIpc) is 2.49. The molecule has 1 atom stereocenters. The van der Waals surface area contributed by atoms with Gasteiger partial charge >= 0.3 is 5.97 Å². The van der Waals surface area contributed by atoms with E-state index in [0.29, 0.717) is 19.4 Å². The van der Waals surface area contributed by atoms with E-state index in [2.05, 4.69) is 0 Å². The Morgan fingerprint density at radius 1 is 0.950 bits per heavy atom. The lowest BCUT2D eigenvalue weighted by Crippen LogP contribution is -2.24. The fourth-order valence-electron chi connectivity index (χ4n) is 1.99. The molecule has 0 saturated heterocycles. The van der Waals surface area contributed by atoms with Crippen molar-refractivity contribution in [2.75, 3.05) is 0 Å². The summed E-state index contributed by atoms with van der Waals surface area (Å²) in [6, 6.07) is 19.5. The van der Waals surface area contributed by atoms with Crippen LogP contribution in [0.2, 0.25) is 0 Å². The molecule has 20 heavy (non-hydrogen) atoms. The van der Waals surface area contributed by atoms with Crippen molar-refractivity contribution in [3.05, 3.63) is 71.8 Å². The van der Waals surface area contributed by atoms with E-state index in [4.69, 9.17) is 4.74 Å². The van der Waals surface area contributed by atoms with Gasteiger partial charge in [-0.3, -0.25) is 0 Å². The number of hydrogen-bond acceptors (Lipinski definition) is 2. The fourth-order valence-corrected chi connectivity index (χ4v) is 1.99. The number of ether oxygens (including phenoxy) is 1. The largest absolute Gasteiger partial charge is 0.479 e. The monoisotopic (exact) mass is 270 g/mol. The van der Waals surface area contributed by atoms with Gasteiger partial charge in [-0.05, 0) is 24.0 Å². The molecule has 2 aromatic carbocycles. The van der Waals surface area contributed by atoms with E-state index >= 15 is 0 Å². The maximum Gasteiger partial charge on any atom is 0.332 e. The molecule has 0 amide bonds. The molecule has 0 spiro atoms. The van der Waals surface area contributed by atoms with Gasteiger partial charge in [-0.25, -0.2) is 4.79 Å². The molecule has 0 aromatic heterocycles. The molecule has 2 aromatic rings. The lowest BCUT2D eigenvalue weighted by molar-refractivity contribution is -0.151. The second-order valence-corrected chi connectivity index (χ2v) is 4.65. The van der Waals surface area contributed by atoms with Gasteiger partial charge in [0.05, 0.1) is 6.61 Å². The Hall–Kier alpha value is -2.13. The first kappa shape index (κ1) is 14.3. The molecule has 1 unspecified atom stereocenters. The van der Waals surface area contributed by atoms with Crippen molar-refractivity contribution < 1.29 is 14.6 Å². The molecule has 0 saturated carbocycles. The summed E-state index contributed by atoms with van der Waals surface area (Å²) in [5.41, 5.74) is 2.11. The number of aliphatic carboxylic acids is 1. The number of carboxylic acid groups (broad SMARTS) is 1. The molecular formula is C17H18O3. The molecule has 1 N–H and O–H groups in total. The normalized spacial score (nSPS) is 12.0. The molecule has 0 aliphatic carbocycles. The molecule has 0 aliphatic heterocycles. The summed E-state index contributed by atoms with van der Waals surface area (Å²) in [7, 11) is 0. The minimum absolute atomic E-state index is 0.326. The molecule has 2 rings (SSSR count). The Balaban J connectivity index is 1.86. The van der Waals surface area contributed by atoms with Crippen LogP contribution in [0.25, 0.3) is 0 Å². The maximum absolute atomic E-state index is 11.2. The SMILES string of the molecule is O=C(O)C(CCc1ccccc1)OCc1ccccc1. The summed E-state index contributed by atoms with van der Waals surface area (Å²) in [6.07, 6.45) is 0.411. The number of carbonyl (C=O) groups is 1. The van der Waals surface area contributed by atoms with Crippen molar-refractivity contribution in [2.45, 2.75) is 25.6 Å². The number of rotatable bonds is 7. The first-order valence-electron chi connectivity index (χ1n) is 6.68. The summed E-state index contributed by atoms with van der Waals surface area (Å²) in [5, 5.41) is 9.20. The zero-order valence-electron chi connectivity index (χ0n) is 11.2. The van der Waals surface area contributed by atoms with Crippen molar-refractivity contribution in [1.82, 2.24) is 0 Å². The zero-order chi connectivity index (χ0) is 14.2. The van der Waals surface area contributed by atoms with Crippen LogP contribution < -0.4 is 0 Å². The van der Waals surface area contributed by atoms with E-state index < -0.39 is 12.1 Å². The number of benzene rings is 2. The van der Waals surface area contributed by atoms with Crippen LogP contribution in [0, 0.1) is 0 Å². The van der Waals surface area contributed by atoms with Crippen molar-refractivity contribution in [3.8, 4) is 0 Å². The van der Waals surface area contributed by atoms with Gasteiger partial charge in [0.25, 0.3) is 0 Å². The van der Waals surface area contributed by atoms with Gasteiger partial charge in [0.1, 0.15) is 0 Å². The standard InChI is InChI=1S/C17H18O3/c18-17(19)16(12-11-14-7-3-1-4-8-14)20-13-15-9-5-2-6-10-15/h1-10,16H,11-13H2,(H,18,19). The van der Waals surface area contributed by atoms with Crippen LogP contribution in [-0.4, -0.2) is 17.2 Å². The first-order chi connectivity index (χ1) is 9.75. The van der Waals surface area contributed by atoms with Gasteiger partial charge in [-0.15, -0.1) is 0 Å². The third kappa shape index (κ3) is 4.52. The van der Waals surface area contributed by atoms with Crippen LogP contribution >= 0.6 is 0 Å². The molecule has 104 valence electrons. The smallest absolute Gasteiger partial charge is 0.332 e. The molecular weight excluding hydrogens is 252 g/mol. The molecule has 0 fully saturated rings. The molecule has 0 bridgehead atoms. The molecule has 3 heteroatoms.